The van der Waals surface area contributed by atoms with Crippen LogP contribution in [0.15, 0.2) is 29.6 Å². The summed E-state index contributed by atoms with van der Waals surface area (Å²) in [7, 11) is 3.26. The van der Waals surface area contributed by atoms with E-state index < -0.39 is 0 Å². The molecule has 1 aromatic carbocycles. The molecule has 1 N–H and O–H groups in total. The Morgan fingerprint density at radius 3 is 2.62 bits per heavy atom. The first-order chi connectivity index (χ1) is 10.3. The van der Waals surface area contributed by atoms with E-state index in [9.17, 15) is 0 Å². The van der Waals surface area contributed by atoms with Gasteiger partial charge in [-0.15, -0.1) is 22.7 Å². The van der Waals surface area contributed by atoms with E-state index in [2.05, 4.69) is 27.5 Å². The molecule has 0 fully saturated rings. The molecule has 0 bridgehead atoms. The van der Waals surface area contributed by atoms with E-state index >= 15 is 0 Å². The van der Waals surface area contributed by atoms with E-state index in [1.54, 1.807) is 36.9 Å². The third-order valence-electron chi connectivity index (χ3n) is 3.36. The zero-order valence-electron chi connectivity index (χ0n) is 11.5. The Kier molecular flexibility index (Phi) is 2.87. The summed E-state index contributed by atoms with van der Waals surface area (Å²) in [6, 6.07) is 8.13. The van der Waals surface area contributed by atoms with Gasteiger partial charge in [0.05, 0.1) is 30.1 Å². The molecular weight excluding hydrogens is 304 g/mol. The Hall–Kier alpha value is -2.05. The van der Waals surface area contributed by atoms with Crippen LogP contribution in [0.5, 0.6) is 11.5 Å². The van der Waals surface area contributed by atoms with Crippen molar-refractivity contribution >= 4 is 43.1 Å². The van der Waals surface area contributed by atoms with Crippen LogP contribution >= 0.6 is 22.7 Å². The van der Waals surface area contributed by atoms with Crippen LogP contribution in [-0.4, -0.2) is 24.2 Å². The van der Waals surface area contributed by atoms with Crippen LogP contribution in [0.25, 0.3) is 31.1 Å². The molecule has 4 nitrogen and oxygen atoms in total. The normalized spacial score (nSPS) is 11.3. The summed E-state index contributed by atoms with van der Waals surface area (Å²) in [6.07, 6.45) is 0. The second kappa shape index (κ2) is 4.75. The first-order valence-electron chi connectivity index (χ1n) is 6.37. The van der Waals surface area contributed by atoms with Crippen LogP contribution in [0.3, 0.4) is 0 Å². The maximum atomic E-state index is 5.33. The lowest BCUT2D eigenvalue weighted by Crippen LogP contribution is -1.89. The van der Waals surface area contributed by atoms with Crippen molar-refractivity contribution in [2.45, 2.75) is 0 Å². The van der Waals surface area contributed by atoms with Gasteiger partial charge in [0, 0.05) is 21.5 Å². The summed E-state index contributed by atoms with van der Waals surface area (Å²) < 4.78 is 13.2. The van der Waals surface area contributed by atoms with Crippen molar-refractivity contribution in [3.8, 4) is 22.2 Å². The van der Waals surface area contributed by atoms with Gasteiger partial charge in [-0.1, -0.05) is 0 Å². The molecule has 3 aromatic heterocycles. The summed E-state index contributed by atoms with van der Waals surface area (Å²) in [5.74, 6) is 2.27. The quantitative estimate of drug-likeness (QED) is 0.604. The van der Waals surface area contributed by atoms with Crippen molar-refractivity contribution < 1.29 is 9.47 Å². The highest BCUT2D eigenvalue weighted by molar-refractivity contribution is 7.28. The number of hydrogen-bond acceptors (Lipinski definition) is 5. The Labute approximate surface area is 129 Å². The fourth-order valence-corrected chi connectivity index (χ4v) is 4.39. The lowest BCUT2D eigenvalue weighted by molar-refractivity contribution is 0.356. The summed E-state index contributed by atoms with van der Waals surface area (Å²) in [5.41, 5.74) is 1.82. The minimum Gasteiger partial charge on any atom is -0.493 e. The van der Waals surface area contributed by atoms with E-state index in [4.69, 9.17) is 9.47 Å². The van der Waals surface area contributed by atoms with Gasteiger partial charge in [-0.3, -0.25) is 0 Å². The van der Waals surface area contributed by atoms with Crippen molar-refractivity contribution in [3.05, 3.63) is 29.6 Å². The SMILES string of the molecule is COc1cc2nc(-c3cc4sccc4s3)[nH]c2cc1OC. The molecule has 4 rings (SSSR count). The van der Waals surface area contributed by atoms with Gasteiger partial charge < -0.3 is 14.5 Å². The van der Waals surface area contributed by atoms with Gasteiger partial charge in [-0.25, -0.2) is 4.98 Å². The predicted octanol–water partition coefficient (Wildman–Crippen LogP) is 4.52. The zero-order chi connectivity index (χ0) is 14.4. The number of aromatic nitrogens is 2. The van der Waals surface area contributed by atoms with E-state index in [1.165, 1.54) is 9.40 Å². The summed E-state index contributed by atoms with van der Waals surface area (Å²) in [6.45, 7) is 0. The fourth-order valence-electron chi connectivity index (χ4n) is 2.34. The van der Waals surface area contributed by atoms with Crippen LogP contribution in [-0.2, 0) is 0 Å². The fraction of sp³-hybridized carbons (Fsp3) is 0.133. The van der Waals surface area contributed by atoms with Crippen LogP contribution in [0, 0.1) is 0 Å². The zero-order valence-corrected chi connectivity index (χ0v) is 13.1. The van der Waals surface area contributed by atoms with Gasteiger partial charge in [0.1, 0.15) is 5.82 Å². The number of imidazole rings is 1. The largest absolute Gasteiger partial charge is 0.493 e. The van der Waals surface area contributed by atoms with Gasteiger partial charge in [0.2, 0.25) is 0 Å². The molecule has 3 heterocycles. The van der Waals surface area contributed by atoms with Crippen molar-refractivity contribution in [2.24, 2.45) is 0 Å². The van der Waals surface area contributed by atoms with Gasteiger partial charge in [0.15, 0.2) is 11.5 Å². The van der Waals surface area contributed by atoms with Crippen LogP contribution in [0.4, 0.5) is 0 Å². The molecular formula is C15H12N2O2S2. The topological polar surface area (TPSA) is 47.1 Å². The number of nitrogens with zero attached hydrogens (tertiary/aromatic N) is 1. The molecule has 0 aliphatic rings. The molecule has 0 aliphatic heterocycles. The molecule has 4 aromatic rings. The third-order valence-corrected chi connectivity index (χ3v) is 5.46. The smallest absolute Gasteiger partial charge is 0.163 e. The number of methoxy groups -OCH3 is 2. The maximum Gasteiger partial charge on any atom is 0.163 e. The Balaban J connectivity index is 1.88. The van der Waals surface area contributed by atoms with Gasteiger partial charge in [0.25, 0.3) is 0 Å². The number of fused-ring (bicyclic) bond motifs is 2. The standard InChI is InChI=1S/C15H12N2O2S2/c1-18-10-5-8-9(6-11(10)19-2)17-15(16-8)14-7-13-12(21-14)3-4-20-13/h3-7H,1-2H3,(H,16,17). The Morgan fingerprint density at radius 1 is 1.05 bits per heavy atom. The van der Waals surface area contributed by atoms with Crippen molar-refractivity contribution in [1.29, 1.82) is 0 Å². The number of rotatable bonds is 3. The minimum absolute atomic E-state index is 0.690. The number of H-pyrrole nitrogens is 1. The minimum atomic E-state index is 0.690. The third kappa shape index (κ3) is 1.99. The Morgan fingerprint density at radius 2 is 1.86 bits per heavy atom. The number of aromatic amines is 1. The molecule has 0 saturated carbocycles. The number of thiophene rings is 2. The molecule has 0 spiro atoms. The number of hydrogen-bond donors (Lipinski definition) is 1. The highest BCUT2D eigenvalue weighted by atomic mass is 32.1. The van der Waals surface area contributed by atoms with E-state index in [1.807, 2.05) is 12.1 Å². The highest BCUT2D eigenvalue weighted by Crippen LogP contribution is 2.37. The first-order valence-corrected chi connectivity index (χ1v) is 8.07. The molecule has 0 aliphatic carbocycles. The summed E-state index contributed by atoms with van der Waals surface area (Å²) >= 11 is 3.50. The highest BCUT2D eigenvalue weighted by Gasteiger charge is 2.13. The van der Waals surface area contributed by atoms with Crippen molar-refractivity contribution in [1.82, 2.24) is 9.97 Å². The molecule has 6 heteroatoms. The molecule has 0 amide bonds. The molecule has 106 valence electrons. The average molecular weight is 316 g/mol. The van der Waals surface area contributed by atoms with Gasteiger partial charge in [-0.05, 0) is 17.5 Å². The Bertz CT molecular complexity index is 866. The van der Waals surface area contributed by atoms with Crippen LogP contribution in [0.2, 0.25) is 0 Å². The summed E-state index contributed by atoms with van der Waals surface area (Å²) in [5, 5.41) is 2.11. The van der Waals surface area contributed by atoms with Crippen molar-refractivity contribution in [3.63, 3.8) is 0 Å². The number of ether oxygens (including phenoxy) is 2. The monoisotopic (exact) mass is 316 g/mol. The number of nitrogens with one attached hydrogen (secondary N) is 1. The van der Waals surface area contributed by atoms with E-state index in [0.29, 0.717) is 11.5 Å². The molecule has 0 saturated heterocycles. The maximum absolute atomic E-state index is 5.33. The first kappa shape index (κ1) is 12.7. The lowest BCUT2D eigenvalue weighted by atomic mass is 10.3. The van der Waals surface area contributed by atoms with E-state index in [0.717, 1.165) is 21.7 Å². The van der Waals surface area contributed by atoms with E-state index in [-0.39, 0.29) is 0 Å². The van der Waals surface area contributed by atoms with Crippen LogP contribution in [0.1, 0.15) is 0 Å². The van der Waals surface area contributed by atoms with Gasteiger partial charge in [-0.2, -0.15) is 0 Å². The van der Waals surface area contributed by atoms with Crippen molar-refractivity contribution in [2.75, 3.05) is 14.2 Å². The molecule has 21 heavy (non-hydrogen) atoms. The average Bonchev–Trinajstić information content (AvgIpc) is 3.17. The molecule has 0 radical (unpaired) electrons. The molecule has 0 atom stereocenters. The summed E-state index contributed by atoms with van der Waals surface area (Å²) in [4.78, 5) is 9.17. The van der Waals surface area contributed by atoms with Gasteiger partial charge >= 0.3 is 0 Å². The predicted molar refractivity (Wildman–Crippen MR) is 87.9 cm³/mol. The second-order valence-electron chi connectivity index (χ2n) is 4.57. The molecule has 0 unspecified atom stereocenters. The lowest BCUT2D eigenvalue weighted by Gasteiger charge is -2.06. The second-order valence-corrected chi connectivity index (χ2v) is 6.60. The number of benzene rings is 1. The van der Waals surface area contributed by atoms with Crippen LogP contribution < -0.4 is 9.47 Å².